The summed E-state index contributed by atoms with van der Waals surface area (Å²) in [6, 6.07) is 23.2. The average Bonchev–Trinajstić information content (AvgIpc) is 2.56. The summed E-state index contributed by atoms with van der Waals surface area (Å²) in [7, 11) is 0. The smallest absolute Gasteiger partial charge is 0.0711 e. The van der Waals surface area contributed by atoms with Gasteiger partial charge in [-0.05, 0) is 36.1 Å². The minimum absolute atomic E-state index is 0.951. The van der Waals surface area contributed by atoms with Crippen molar-refractivity contribution in [3.05, 3.63) is 78.0 Å². The molecule has 0 saturated carbocycles. The first-order chi connectivity index (χ1) is 10.3. The van der Waals surface area contributed by atoms with Crippen LogP contribution in [-0.2, 0) is 6.42 Å². The lowest BCUT2D eigenvalue weighted by Gasteiger charge is -2.13. The zero-order valence-corrected chi connectivity index (χ0v) is 12.5. The van der Waals surface area contributed by atoms with Crippen molar-refractivity contribution in [3.8, 4) is 22.4 Å². The van der Waals surface area contributed by atoms with Gasteiger partial charge in [0.2, 0.25) is 0 Å². The maximum absolute atomic E-state index is 4.85. The van der Waals surface area contributed by atoms with Crippen LogP contribution in [0.3, 0.4) is 0 Å². The first-order valence-electron chi connectivity index (χ1n) is 7.41. The van der Waals surface area contributed by atoms with Crippen LogP contribution in [0.1, 0.15) is 18.2 Å². The highest BCUT2D eigenvalue weighted by Crippen LogP contribution is 2.29. The molecule has 1 nitrogen and oxygen atoms in total. The normalized spacial score (nSPS) is 10.6. The molecule has 0 unspecified atom stereocenters. The van der Waals surface area contributed by atoms with E-state index in [9.17, 15) is 0 Å². The van der Waals surface area contributed by atoms with Crippen LogP contribution in [0.5, 0.6) is 0 Å². The third kappa shape index (κ3) is 2.73. The minimum atomic E-state index is 0.951. The summed E-state index contributed by atoms with van der Waals surface area (Å²) in [6.07, 6.45) is 0.951. The van der Waals surface area contributed by atoms with Crippen molar-refractivity contribution in [1.82, 2.24) is 4.98 Å². The summed E-state index contributed by atoms with van der Waals surface area (Å²) in [5.41, 5.74) is 7.21. The van der Waals surface area contributed by atoms with Gasteiger partial charge >= 0.3 is 0 Å². The Balaban J connectivity index is 2.21. The van der Waals surface area contributed by atoms with Gasteiger partial charge in [-0.3, -0.25) is 4.98 Å². The van der Waals surface area contributed by atoms with Crippen LogP contribution in [0.15, 0.2) is 66.7 Å². The van der Waals surface area contributed by atoms with Gasteiger partial charge in [-0.2, -0.15) is 0 Å². The molecule has 21 heavy (non-hydrogen) atoms. The second-order valence-electron chi connectivity index (χ2n) is 5.21. The van der Waals surface area contributed by atoms with Gasteiger partial charge in [-0.1, -0.05) is 67.6 Å². The SMILES string of the molecule is CCc1nc(-c2ccccc2)cc(-c2ccccc2)c1C. The number of rotatable bonds is 3. The van der Waals surface area contributed by atoms with Gasteiger partial charge in [0.25, 0.3) is 0 Å². The fraction of sp³-hybridized carbons (Fsp3) is 0.150. The standard InChI is InChI=1S/C20H19N/c1-3-19-15(2)18(16-10-6-4-7-11-16)14-20(21-19)17-12-8-5-9-13-17/h4-14H,3H2,1-2H3. The molecule has 0 aliphatic heterocycles. The number of hydrogen-bond acceptors (Lipinski definition) is 1. The zero-order chi connectivity index (χ0) is 14.7. The topological polar surface area (TPSA) is 12.9 Å². The Morgan fingerprint density at radius 3 is 1.95 bits per heavy atom. The average molecular weight is 273 g/mol. The Bertz CT molecular complexity index is 731. The second kappa shape index (κ2) is 5.92. The largest absolute Gasteiger partial charge is 0.253 e. The number of aromatic nitrogens is 1. The number of nitrogens with zero attached hydrogens (tertiary/aromatic N) is 1. The molecule has 2 aromatic carbocycles. The van der Waals surface area contributed by atoms with Crippen molar-refractivity contribution in [2.24, 2.45) is 0 Å². The number of benzene rings is 2. The molecule has 0 bridgehead atoms. The molecule has 0 spiro atoms. The van der Waals surface area contributed by atoms with E-state index in [0.717, 1.165) is 12.1 Å². The van der Waals surface area contributed by atoms with Crippen LogP contribution in [0.25, 0.3) is 22.4 Å². The van der Waals surface area contributed by atoms with Crippen LogP contribution >= 0.6 is 0 Å². The molecule has 3 aromatic rings. The minimum Gasteiger partial charge on any atom is -0.253 e. The summed E-state index contributed by atoms with van der Waals surface area (Å²) in [5.74, 6) is 0. The summed E-state index contributed by atoms with van der Waals surface area (Å²) >= 11 is 0. The summed E-state index contributed by atoms with van der Waals surface area (Å²) in [6.45, 7) is 4.34. The number of pyridine rings is 1. The van der Waals surface area contributed by atoms with E-state index in [4.69, 9.17) is 4.98 Å². The van der Waals surface area contributed by atoms with Crippen LogP contribution in [-0.4, -0.2) is 4.98 Å². The second-order valence-corrected chi connectivity index (χ2v) is 5.21. The van der Waals surface area contributed by atoms with Crippen molar-refractivity contribution in [1.29, 1.82) is 0 Å². The lowest BCUT2D eigenvalue weighted by atomic mass is 9.96. The number of hydrogen-bond donors (Lipinski definition) is 0. The maximum Gasteiger partial charge on any atom is 0.0711 e. The molecule has 3 rings (SSSR count). The molecule has 1 heterocycles. The van der Waals surface area contributed by atoms with Gasteiger partial charge < -0.3 is 0 Å². The van der Waals surface area contributed by atoms with E-state index in [1.54, 1.807) is 0 Å². The Morgan fingerprint density at radius 2 is 1.38 bits per heavy atom. The first-order valence-corrected chi connectivity index (χ1v) is 7.41. The van der Waals surface area contributed by atoms with Gasteiger partial charge in [-0.15, -0.1) is 0 Å². The molecule has 104 valence electrons. The third-order valence-electron chi connectivity index (χ3n) is 3.86. The lowest BCUT2D eigenvalue weighted by Crippen LogP contribution is -1.98. The lowest BCUT2D eigenvalue weighted by molar-refractivity contribution is 1.01. The first kappa shape index (κ1) is 13.6. The Hall–Kier alpha value is -2.41. The third-order valence-corrected chi connectivity index (χ3v) is 3.86. The molecule has 1 aromatic heterocycles. The van der Waals surface area contributed by atoms with Gasteiger partial charge in [0, 0.05) is 11.3 Å². The Morgan fingerprint density at radius 1 is 0.810 bits per heavy atom. The molecular formula is C20H19N. The monoisotopic (exact) mass is 273 g/mol. The van der Waals surface area contributed by atoms with Gasteiger partial charge in [-0.25, -0.2) is 0 Å². The number of aryl methyl sites for hydroxylation is 1. The Kier molecular flexibility index (Phi) is 3.83. The van der Waals surface area contributed by atoms with E-state index >= 15 is 0 Å². The van der Waals surface area contributed by atoms with E-state index in [-0.39, 0.29) is 0 Å². The summed E-state index contributed by atoms with van der Waals surface area (Å²) in [4.78, 5) is 4.85. The highest BCUT2D eigenvalue weighted by Gasteiger charge is 2.10. The summed E-state index contributed by atoms with van der Waals surface area (Å²) in [5, 5.41) is 0. The molecule has 0 fully saturated rings. The van der Waals surface area contributed by atoms with E-state index < -0.39 is 0 Å². The fourth-order valence-electron chi connectivity index (χ4n) is 2.68. The van der Waals surface area contributed by atoms with E-state index in [1.165, 1.54) is 27.9 Å². The predicted octanol–water partition coefficient (Wildman–Crippen LogP) is 5.29. The molecule has 0 N–H and O–H groups in total. The summed E-state index contributed by atoms with van der Waals surface area (Å²) < 4.78 is 0. The van der Waals surface area contributed by atoms with E-state index in [0.29, 0.717) is 0 Å². The van der Waals surface area contributed by atoms with Crippen LogP contribution < -0.4 is 0 Å². The molecule has 0 saturated heterocycles. The van der Waals surface area contributed by atoms with Crippen LogP contribution in [0.2, 0.25) is 0 Å². The van der Waals surface area contributed by atoms with Crippen molar-refractivity contribution in [2.45, 2.75) is 20.3 Å². The fourth-order valence-corrected chi connectivity index (χ4v) is 2.68. The van der Waals surface area contributed by atoms with Gasteiger partial charge in [0.05, 0.1) is 5.69 Å². The maximum atomic E-state index is 4.85. The molecule has 0 aliphatic carbocycles. The van der Waals surface area contributed by atoms with Crippen molar-refractivity contribution in [2.75, 3.05) is 0 Å². The predicted molar refractivity (Wildman–Crippen MR) is 89.2 cm³/mol. The molecular weight excluding hydrogens is 254 g/mol. The van der Waals surface area contributed by atoms with Crippen molar-refractivity contribution < 1.29 is 0 Å². The van der Waals surface area contributed by atoms with Crippen molar-refractivity contribution in [3.63, 3.8) is 0 Å². The zero-order valence-electron chi connectivity index (χ0n) is 12.5. The van der Waals surface area contributed by atoms with Crippen LogP contribution in [0, 0.1) is 6.92 Å². The van der Waals surface area contributed by atoms with Gasteiger partial charge in [0.15, 0.2) is 0 Å². The molecule has 0 radical (unpaired) electrons. The molecule has 1 heteroatoms. The highest BCUT2D eigenvalue weighted by molar-refractivity contribution is 5.74. The Labute approximate surface area is 126 Å². The van der Waals surface area contributed by atoms with Crippen molar-refractivity contribution >= 4 is 0 Å². The quantitative estimate of drug-likeness (QED) is 0.632. The van der Waals surface area contributed by atoms with E-state index in [2.05, 4.69) is 74.5 Å². The highest BCUT2D eigenvalue weighted by atomic mass is 14.7. The van der Waals surface area contributed by atoms with Crippen LogP contribution in [0.4, 0.5) is 0 Å². The molecule has 0 amide bonds. The van der Waals surface area contributed by atoms with E-state index in [1.807, 2.05) is 6.07 Å². The molecule has 0 aliphatic rings. The molecule has 0 atom stereocenters. The van der Waals surface area contributed by atoms with Gasteiger partial charge in [0.1, 0.15) is 0 Å².